The predicted molar refractivity (Wildman–Crippen MR) is 81.7 cm³/mol. The lowest BCUT2D eigenvalue weighted by Crippen LogP contribution is -2.43. The topological polar surface area (TPSA) is 41.1 Å². The molecule has 20 heavy (non-hydrogen) atoms. The summed E-state index contributed by atoms with van der Waals surface area (Å²) < 4.78 is 0. The molecule has 0 aromatic heterocycles. The summed E-state index contributed by atoms with van der Waals surface area (Å²) in [4.78, 5) is 12.3. The van der Waals surface area contributed by atoms with Crippen molar-refractivity contribution >= 4 is 11.6 Å². The van der Waals surface area contributed by atoms with Crippen LogP contribution in [-0.4, -0.2) is 18.5 Å². The summed E-state index contributed by atoms with van der Waals surface area (Å²) in [5.41, 5.74) is 2.44. The number of rotatable bonds is 3. The Morgan fingerprint density at radius 2 is 2.15 bits per heavy atom. The van der Waals surface area contributed by atoms with Crippen LogP contribution < -0.4 is 10.6 Å². The van der Waals surface area contributed by atoms with Gasteiger partial charge < -0.3 is 10.6 Å². The molecule has 3 atom stereocenters. The third kappa shape index (κ3) is 2.82. The van der Waals surface area contributed by atoms with Gasteiger partial charge in [0.25, 0.3) is 0 Å². The Morgan fingerprint density at radius 1 is 1.30 bits per heavy atom. The van der Waals surface area contributed by atoms with E-state index >= 15 is 0 Å². The van der Waals surface area contributed by atoms with E-state index in [1.807, 2.05) is 6.07 Å². The van der Waals surface area contributed by atoms with Gasteiger partial charge in [-0.3, -0.25) is 4.79 Å². The molecule has 3 rings (SSSR count). The fraction of sp³-hybridized carbons (Fsp3) is 0.588. The Morgan fingerprint density at radius 3 is 2.95 bits per heavy atom. The van der Waals surface area contributed by atoms with Gasteiger partial charge in [-0.2, -0.15) is 0 Å². The van der Waals surface area contributed by atoms with Crippen LogP contribution in [0.3, 0.4) is 0 Å². The lowest BCUT2D eigenvalue weighted by molar-refractivity contribution is -0.122. The van der Waals surface area contributed by atoms with Crippen LogP contribution in [0.5, 0.6) is 0 Å². The van der Waals surface area contributed by atoms with Gasteiger partial charge in [-0.05, 0) is 42.7 Å². The van der Waals surface area contributed by atoms with Crippen LogP contribution in [-0.2, 0) is 11.2 Å². The fourth-order valence-electron chi connectivity index (χ4n) is 3.52. The van der Waals surface area contributed by atoms with Crippen LogP contribution in [0.2, 0.25) is 0 Å². The molecular formula is C17H24N2O. The lowest BCUT2D eigenvalue weighted by atomic mass is 9.96. The van der Waals surface area contributed by atoms with Crippen LogP contribution in [0, 0.1) is 11.8 Å². The minimum absolute atomic E-state index is 0.0680. The largest absolute Gasteiger partial charge is 0.373 e. The van der Waals surface area contributed by atoms with Gasteiger partial charge in [-0.15, -0.1) is 0 Å². The molecule has 3 nitrogen and oxygen atoms in total. The molecule has 1 amide bonds. The Labute approximate surface area is 121 Å². The highest BCUT2D eigenvalue weighted by Gasteiger charge is 2.27. The number of carbonyl (C=O) groups excluding carboxylic acids is 1. The van der Waals surface area contributed by atoms with Crippen LogP contribution in [0.15, 0.2) is 24.3 Å². The first-order valence-electron chi connectivity index (χ1n) is 7.86. The van der Waals surface area contributed by atoms with Gasteiger partial charge in [0.2, 0.25) is 5.91 Å². The second kappa shape index (κ2) is 5.86. The second-order valence-electron chi connectivity index (χ2n) is 6.31. The molecule has 108 valence electrons. The summed E-state index contributed by atoms with van der Waals surface area (Å²) in [6.45, 7) is 3.15. The van der Waals surface area contributed by atoms with E-state index in [0.29, 0.717) is 5.92 Å². The Hall–Kier alpha value is -1.51. The monoisotopic (exact) mass is 272 g/mol. The molecule has 0 bridgehead atoms. The molecule has 0 saturated heterocycles. The van der Waals surface area contributed by atoms with Gasteiger partial charge in [-0.1, -0.05) is 38.0 Å². The minimum Gasteiger partial charge on any atom is -0.373 e. The highest BCUT2D eigenvalue weighted by atomic mass is 16.2. The predicted octanol–water partition coefficient (Wildman–Crippen LogP) is 2.97. The van der Waals surface area contributed by atoms with E-state index < -0.39 is 0 Å². The first kappa shape index (κ1) is 13.5. The lowest BCUT2D eigenvalue weighted by Gasteiger charge is -2.27. The number of para-hydroxylation sites is 1. The van der Waals surface area contributed by atoms with Crippen molar-refractivity contribution in [2.24, 2.45) is 11.8 Å². The van der Waals surface area contributed by atoms with Crippen molar-refractivity contribution in [1.82, 2.24) is 5.32 Å². The van der Waals surface area contributed by atoms with Gasteiger partial charge in [0, 0.05) is 12.2 Å². The highest BCUT2D eigenvalue weighted by Crippen LogP contribution is 2.30. The van der Waals surface area contributed by atoms with E-state index in [9.17, 15) is 4.79 Å². The first-order chi connectivity index (χ1) is 9.74. The van der Waals surface area contributed by atoms with Gasteiger partial charge >= 0.3 is 0 Å². The van der Waals surface area contributed by atoms with Crippen molar-refractivity contribution in [1.29, 1.82) is 0 Å². The Balaban J connectivity index is 1.54. The smallest absolute Gasteiger partial charge is 0.242 e. The minimum atomic E-state index is -0.0680. The number of hydrogen-bond acceptors (Lipinski definition) is 2. The molecule has 2 N–H and O–H groups in total. The van der Waals surface area contributed by atoms with Crippen molar-refractivity contribution < 1.29 is 4.79 Å². The molecular weight excluding hydrogens is 248 g/mol. The molecule has 0 spiro atoms. The van der Waals surface area contributed by atoms with Crippen molar-refractivity contribution in [2.75, 3.05) is 11.9 Å². The average Bonchev–Trinajstić information content (AvgIpc) is 2.89. The quantitative estimate of drug-likeness (QED) is 0.888. The molecule has 1 aliphatic carbocycles. The zero-order valence-electron chi connectivity index (χ0n) is 12.2. The molecule has 1 heterocycles. The average molecular weight is 272 g/mol. The normalized spacial score (nSPS) is 28.6. The zero-order valence-corrected chi connectivity index (χ0v) is 12.2. The SMILES string of the molecule is CC1CCCC1CNC(=O)C1CCc2ccccc2N1. The van der Waals surface area contributed by atoms with Crippen molar-refractivity contribution in [2.45, 2.75) is 45.1 Å². The number of carbonyl (C=O) groups is 1. The van der Waals surface area contributed by atoms with Crippen LogP contribution in [0.1, 0.15) is 38.2 Å². The van der Waals surface area contributed by atoms with E-state index in [1.54, 1.807) is 0 Å². The molecule has 1 aliphatic heterocycles. The number of aryl methyl sites for hydroxylation is 1. The van der Waals surface area contributed by atoms with Crippen LogP contribution in [0.4, 0.5) is 5.69 Å². The fourth-order valence-corrected chi connectivity index (χ4v) is 3.52. The van der Waals surface area contributed by atoms with Crippen molar-refractivity contribution in [3.8, 4) is 0 Å². The van der Waals surface area contributed by atoms with Gasteiger partial charge in [0.1, 0.15) is 6.04 Å². The summed E-state index contributed by atoms with van der Waals surface area (Å²) >= 11 is 0. The maximum absolute atomic E-state index is 12.3. The summed E-state index contributed by atoms with van der Waals surface area (Å²) in [6.07, 6.45) is 5.78. The standard InChI is InChI=1S/C17H24N2O/c1-12-5-4-7-14(12)11-18-17(20)16-10-9-13-6-2-3-8-15(13)19-16/h2-3,6,8,12,14,16,19H,4-5,7,9-11H2,1H3,(H,18,20). The maximum atomic E-state index is 12.3. The molecule has 3 heteroatoms. The molecule has 1 aromatic carbocycles. The number of hydrogen-bond donors (Lipinski definition) is 2. The second-order valence-corrected chi connectivity index (χ2v) is 6.31. The maximum Gasteiger partial charge on any atom is 0.242 e. The van der Waals surface area contributed by atoms with Gasteiger partial charge in [0.15, 0.2) is 0 Å². The molecule has 1 saturated carbocycles. The number of fused-ring (bicyclic) bond motifs is 1. The van der Waals surface area contributed by atoms with Gasteiger partial charge in [0.05, 0.1) is 0 Å². The van der Waals surface area contributed by atoms with Crippen LogP contribution in [0.25, 0.3) is 0 Å². The molecule has 1 fully saturated rings. The molecule has 3 unspecified atom stereocenters. The van der Waals surface area contributed by atoms with Crippen molar-refractivity contribution in [3.05, 3.63) is 29.8 Å². The summed E-state index contributed by atoms with van der Waals surface area (Å²) in [7, 11) is 0. The van der Waals surface area contributed by atoms with E-state index in [0.717, 1.165) is 31.0 Å². The van der Waals surface area contributed by atoms with E-state index in [4.69, 9.17) is 0 Å². The number of nitrogens with one attached hydrogen (secondary N) is 2. The number of benzene rings is 1. The van der Waals surface area contributed by atoms with Gasteiger partial charge in [-0.25, -0.2) is 0 Å². The van der Waals surface area contributed by atoms with E-state index in [1.165, 1.54) is 24.8 Å². The third-order valence-electron chi connectivity index (χ3n) is 4.94. The summed E-state index contributed by atoms with van der Waals surface area (Å²) in [6, 6.07) is 8.21. The van der Waals surface area contributed by atoms with E-state index in [2.05, 4.69) is 35.8 Å². The highest BCUT2D eigenvalue weighted by molar-refractivity contribution is 5.85. The zero-order chi connectivity index (χ0) is 13.9. The molecule has 1 aromatic rings. The van der Waals surface area contributed by atoms with Crippen molar-refractivity contribution in [3.63, 3.8) is 0 Å². The third-order valence-corrected chi connectivity index (χ3v) is 4.94. The number of amides is 1. The number of anilines is 1. The van der Waals surface area contributed by atoms with Crippen LogP contribution >= 0.6 is 0 Å². The Bertz CT molecular complexity index is 486. The molecule has 0 radical (unpaired) electrons. The summed E-state index contributed by atoms with van der Waals surface area (Å²) in [5.74, 6) is 1.60. The summed E-state index contributed by atoms with van der Waals surface area (Å²) in [5, 5.41) is 6.53. The molecule has 2 aliphatic rings. The Kier molecular flexibility index (Phi) is 3.95. The van der Waals surface area contributed by atoms with E-state index in [-0.39, 0.29) is 11.9 Å². The first-order valence-corrected chi connectivity index (χ1v) is 7.86.